The molecule has 6 nitrogen and oxygen atoms in total. The van der Waals surface area contributed by atoms with Gasteiger partial charge in [0.2, 0.25) is 0 Å². The quantitative estimate of drug-likeness (QED) is 0.602. The van der Waals surface area contributed by atoms with Crippen LogP contribution in [-0.2, 0) is 9.53 Å². The topological polar surface area (TPSA) is 88.3 Å². The van der Waals surface area contributed by atoms with Crippen molar-refractivity contribution in [3.05, 3.63) is 51.3 Å². The second-order valence-corrected chi connectivity index (χ2v) is 6.23. The number of carbonyl (C=O) groups is 3. The monoisotopic (exact) mass is 392 g/mol. The molecule has 0 aliphatic carbocycles. The Bertz CT molecular complexity index is 811. The molecule has 24 heavy (non-hydrogen) atoms. The molecule has 2 aromatic rings. The van der Waals surface area contributed by atoms with E-state index in [0.717, 1.165) is 4.47 Å². The molecule has 0 saturated heterocycles. The van der Waals surface area contributed by atoms with Gasteiger partial charge in [-0.2, -0.15) is 0 Å². The summed E-state index contributed by atoms with van der Waals surface area (Å²) in [6.07, 6.45) is 0. The summed E-state index contributed by atoms with van der Waals surface area (Å²) in [5.41, 5.74) is 2.38. The fourth-order valence-electron chi connectivity index (χ4n) is 2.45. The summed E-state index contributed by atoms with van der Waals surface area (Å²) in [6.45, 7) is 4.39. The normalized spacial score (nSPS) is 10.3. The predicted molar refractivity (Wildman–Crippen MR) is 93.3 cm³/mol. The smallest absolute Gasteiger partial charge is 0.355 e. The van der Waals surface area contributed by atoms with Gasteiger partial charge in [0.1, 0.15) is 5.69 Å². The molecule has 0 aliphatic heterocycles. The highest BCUT2D eigenvalue weighted by Gasteiger charge is 2.21. The zero-order valence-electron chi connectivity index (χ0n) is 13.5. The number of nitrogens with one attached hydrogen (secondary N) is 2. The fourth-order valence-corrected chi connectivity index (χ4v) is 2.85. The van der Waals surface area contributed by atoms with Gasteiger partial charge in [-0.1, -0.05) is 22.0 Å². The van der Waals surface area contributed by atoms with Crippen LogP contribution in [0.15, 0.2) is 28.7 Å². The van der Waals surface area contributed by atoms with Gasteiger partial charge in [-0.05, 0) is 44.5 Å². The van der Waals surface area contributed by atoms with Crippen LogP contribution in [0.25, 0.3) is 0 Å². The van der Waals surface area contributed by atoms with Crippen LogP contribution in [0.4, 0.5) is 5.69 Å². The Labute approximate surface area is 147 Å². The van der Waals surface area contributed by atoms with Gasteiger partial charge in [-0.3, -0.25) is 9.59 Å². The minimum Gasteiger partial charge on any atom is -0.451 e. The van der Waals surface area contributed by atoms with Crippen molar-refractivity contribution >= 4 is 39.3 Å². The first kappa shape index (κ1) is 17.9. The fraction of sp³-hybridized carbons (Fsp3) is 0.235. The van der Waals surface area contributed by atoms with Crippen molar-refractivity contribution in [2.45, 2.75) is 20.8 Å². The molecule has 1 aromatic heterocycles. The molecule has 0 atom stereocenters. The molecule has 1 aromatic carbocycles. The number of Topliss-reactive ketones (excluding diaryl/α,β-unsaturated/α-hetero) is 1. The molecule has 0 saturated carbocycles. The van der Waals surface area contributed by atoms with Crippen LogP contribution in [-0.4, -0.2) is 29.3 Å². The number of aromatic amines is 1. The lowest BCUT2D eigenvalue weighted by Crippen LogP contribution is -2.21. The van der Waals surface area contributed by atoms with Crippen LogP contribution in [0.5, 0.6) is 0 Å². The molecule has 0 fully saturated rings. The van der Waals surface area contributed by atoms with E-state index in [4.69, 9.17) is 4.74 Å². The number of hydrogen-bond donors (Lipinski definition) is 2. The van der Waals surface area contributed by atoms with Crippen molar-refractivity contribution in [3.8, 4) is 0 Å². The Hall–Kier alpha value is -2.41. The number of aryl methyl sites for hydroxylation is 1. The van der Waals surface area contributed by atoms with Crippen molar-refractivity contribution in [3.63, 3.8) is 0 Å². The molecule has 2 rings (SSSR count). The highest BCUT2D eigenvalue weighted by molar-refractivity contribution is 9.10. The summed E-state index contributed by atoms with van der Waals surface area (Å²) in [5.74, 6) is -1.26. The zero-order valence-corrected chi connectivity index (χ0v) is 15.1. The van der Waals surface area contributed by atoms with Crippen LogP contribution in [0.1, 0.15) is 39.0 Å². The average Bonchev–Trinajstić information content (AvgIpc) is 2.79. The summed E-state index contributed by atoms with van der Waals surface area (Å²) in [5, 5.41) is 2.63. The third-order valence-corrected chi connectivity index (χ3v) is 3.93. The number of aromatic nitrogens is 1. The number of esters is 1. The van der Waals surface area contributed by atoms with Crippen LogP contribution < -0.4 is 5.32 Å². The summed E-state index contributed by atoms with van der Waals surface area (Å²) >= 11 is 3.31. The first-order valence-corrected chi connectivity index (χ1v) is 8.01. The Kier molecular flexibility index (Phi) is 5.56. The summed E-state index contributed by atoms with van der Waals surface area (Å²) in [6, 6.07) is 7.07. The Balaban J connectivity index is 1.99. The van der Waals surface area contributed by atoms with Crippen LogP contribution >= 0.6 is 15.9 Å². The number of H-pyrrole nitrogens is 1. The Morgan fingerprint density at radius 3 is 2.54 bits per heavy atom. The molecule has 7 heteroatoms. The number of hydrogen-bond acceptors (Lipinski definition) is 4. The maximum absolute atomic E-state index is 12.1. The van der Waals surface area contributed by atoms with Gasteiger partial charge in [0, 0.05) is 21.4 Å². The molecule has 1 heterocycles. The van der Waals surface area contributed by atoms with Gasteiger partial charge in [0.05, 0.1) is 0 Å². The number of carbonyl (C=O) groups excluding carboxylic acids is 3. The minimum atomic E-state index is -0.674. The molecule has 2 N–H and O–H groups in total. The van der Waals surface area contributed by atoms with Crippen LogP contribution in [0, 0.1) is 13.8 Å². The van der Waals surface area contributed by atoms with Gasteiger partial charge in [0.25, 0.3) is 5.91 Å². The van der Waals surface area contributed by atoms with Gasteiger partial charge in [-0.25, -0.2) is 4.79 Å². The molecule has 1 amide bonds. The molecular formula is C17H17BrN2O4. The number of ether oxygens (including phenoxy) is 1. The zero-order chi connectivity index (χ0) is 17.9. The third kappa shape index (κ3) is 4.11. The van der Waals surface area contributed by atoms with E-state index < -0.39 is 18.5 Å². The molecular weight excluding hydrogens is 376 g/mol. The van der Waals surface area contributed by atoms with Crippen LogP contribution in [0.2, 0.25) is 0 Å². The maximum atomic E-state index is 12.1. The number of halogens is 1. The SMILES string of the molecule is CC(=O)c1c(C)[nH]c(C(=O)OCC(=O)Nc2cccc(Br)c2)c1C. The van der Waals surface area contributed by atoms with Crippen LogP contribution in [0.3, 0.4) is 0 Å². The Morgan fingerprint density at radius 2 is 1.96 bits per heavy atom. The summed E-state index contributed by atoms with van der Waals surface area (Å²) in [7, 11) is 0. The minimum absolute atomic E-state index is 0.132. The number of amides is 1. The number of ketones is 1. The van der Waals surface area contributed by atoms with Gasteiger partial charge in [0.15, 0.2) is 12.4 Å². The molecule has 0 spiro atoms. The average molecular weight is 393 g/mol. The van der Waals surface area contributed by atoms with E-state index in [1.165, 1.54) is 6.92 Å². The van der Waals surface area contributed by atoms with E-state index in [0.29, 0.717) is 22.5 Å². The molecule has 0 unspecified atom stereocenters. The van der Waals surface area contributed by atoms with E-state index in [2.05, 4.69) is 26.2 Å². The maximum Gasteiger partial charge on any atom is 0.355 e. The first-order valence-electron chi connectivity index (χ1n) is 7.22. The lowest BCUT2D eigenvalue weighted by Gasteiger charge is -2.07. The van der Waals surface area contributed by atoms with E-state index in [1.54, 1.807) is 32.0 Å². The van der Waals surface area contributed by atoms with Gasteiger partial charge in [-0.15, -0.1) is 0 Å². The van der Waals surface area contributed by atoms with Gasteiger partial charge < -0.3 is 15.0 Å². The molecule has 126 valence electrons. The summed E-state index contributed by atoms with van der Waals surface area (Å²) in [4.78, 5) is 38.4. The number of rotatable bonds is 5. The van der Waals surface area contributed by atoms with Crippen molar-refractivity contribution in [1.29, 1.82) is 0 Å². The van der Waals surface area contributed by atoms with E-state index in [1.807, 2.05) is 6.07 Å². The third-order valence-electron chi connectivity index (χ3n) is 3.44. The second-order valence-electron chi connectivity index (χ2n) is 5.32. The second kappa shape index (κ2) is 7.44. The van der Waals surface area contributed by atoms with E-state index in [9.17, 15) is 14.4 Å². The largest absolute Gasteiger partial charge is 0.451 e. The van der Waals surface area contributed by atoms with Crippen molar-refractivity contribution in [2.75, 3.05) is 11.9 Å². The van der Waals surface area contributed by atoms with Crippen molar-refractivity contribution in [1.82, 2.24) is 4.98 Å². The standard InChI is InChI=1S/C17H17BrN2O4/c1-9-15(11(3)21)10(2)19-16(9)17(23)24-8-14(22)20-13-6-4-5-12(18)7-13/h4-7,19H,8H2,1-3H3,(H,20,22). The summed E-state index contributed by atoms with van der Waals surface area (Å²) < 4.78 is 5.84. The van der Waals surface area contributed by atoms with E-state index in [-0.39, 0.29) is 11.5 Å². The lowest BCUT2D eigenvalue weighted by atomic mass is 10.1. The molecule has 0 aliphatic rings. The first-order chi connectivity index (χ1) is 11.3. The highest BCUT2D eigenvalue weighted by Crippen LogP contribution is 2.19. The molecule has 0 radical (unpaired) electrons. The van der Waals surface area contributed by atoms with Crippen molar-refractivity contribution < 1.29 is 19.1 Å². The van der Waals surface area contributed by atoms with Crippen molar-refractivity contribution in [2.24, 2.45) is 0 Å². The number of benzene rings is 1. The Morgan fingerprint density at radius 1 is 1.25 bits per heavy atom. The molecule has 0 bridgehead atoms. The predicted octanol–water partition coefficient (Wildman–Crippen LogP) is 3.39. The van der Waals surface area contributed by atoms with E-state index >= 15 is 0 Å². The van der Waals surface area contributed by atoms with Gasteiger partial charge >= 0.3 is 5.97 Å². The highest BCUT2D eigenvalue weighted by atomic mass is 79.9. The lowest BCUT2D eigenvalue weighted by molar-refractivity contribution is -0.119. The number of anilines is 1.